The highest BCUT2D eigenvalue weighted by Crippen LogP contribution is 2.40. The summed E-state index contributed by atoms with van der Waals surface area (Å²) in [5, 5.41) is 3.04. The molecule has 4 heteroatoms. The van der Waals surface area contributed by atoms with E-state index in [2.05, 4.69) is 5.32 Å². The zero-order chi connectivity index (χ0) is 13.3. The van der Waals surface area contributed by atoms with Crippen LogP contribution in [0.15, 0.2) is 18.2 Å². The van der Waals surface area contributed by atoms with Gasteiger partial charge in [-0.1, -0.05) is 18.9 Å². The van der Waals surface area contributed by atoms with Gasteiger partial charge in [0, 0.05) is 12.6 Å². The van der Waals surface area contributed by atoms with E-state index in [0.29, 0.717) is 6.61 Å². The minimum Gasteiger partial charge on any atom is -0.377 e. The van der Waals surface area contributed by atoms with Gasteiger partial charge in [0.2, 0.25) is 0 Å². The Labute approximate surface area is 112 Å². The molecule has 1 atom stereocenters. The van der Waals surface area contributed by atoms with Gasteiger partial charge >= 0.3 is 0 Å². The number of ether oxygens (including phenoxy) is 1. The zero-order valence-electron chi connectivity index (χ0n) is 10.9. The van der Waals surface area contributed by atoms with Crippen LogP contribution in [0.2, 0.25) is 0 Å². The minimum atomic E-state index is -0.521. The number of benzene rings is 1. The molecule has 2 fully saturated rings. The molecule has 2 nitrogen and oxygen atoms in total. The molecule has 1 aromatic carbocycles. The maximum atomic E-state index is 13.6. The lowest BCUT2D eigenvalue weighted by Gasteiger charge is -2.39. The summed E-state index contributed by atoms with van der Waals surface area (Å²) in [4.78, 5) is 0. The van der Waals surface area contributed by atoms with Gasteiger partial charge in [-0.15, -0.1) is 0 Å². The van der Waals surface area contributed by atoms with Gasteiger partial charge in [0.1, 0.15) is 17.3 Å². The molecule has 1 spiro atoms. The monoisotopic (exact) mass is 267 g/mol. The maximum absolute atomic E-state index is 13.6. The van der Waals surface area contributed by atoms with Gasteiger partial charge < -0.3 is 10.1 Å². The van der Waals surface area contributed by atoms with Crippen LogP contribution >= 0.6 is 0 Å². The van der Waals surface area contributed by atoms with Crippen molar-refractivity contribution in [3.05, 3.63) is 29.8 Å². The Morgan fingerprint density at radius 1 is 1.16 bits per heavy atom. The molecule has 0 amide bonds. The number of hydrogen-bond donors (Lipinski definition) is 1. The maximum Gasteiger partial charge on any atom is 0.149 e. The van der Waals surface area contributed by atoms with Gasteiger partial charge in [-0.3, -0.25) is 0 Å². The predicted molar refractivity (Wildman–Crippen MR) is 70.2 cm³/mol. The molecular formula is C15H19F2NO. The van der Waals surface area contributed by atoms with E-state index in [1.165, 1.54) is 31.0 Å². The van der Waals surface area contributed by atoms with Gasteiger partial charge in [0.05, 0.1) is 5.60 Å². The van der Waals surface area contributed by atoms with Crippen molar-refractivity contribution in [2.24, 2.45) is 0 Å². The third kappa shape index (κ3) is 2.59. The van der Waals surface area contributed by atoms with Crippen molar-refractivity contribution < 1.29 is 13.5 Å². The quantitative estimate of drug-likeness (QED) is 0.878. The van der Waals surface area contributed by atoms with Gasteiger partial charge in [-0.05, 0) is 37.8 Å². The van der Waals surface area contributed by atoms with Crippen LogP contribution in [0.4, 0.5) is 14.5 Å². The number of hydrogen-bond acceptors (Lipinski definition) is 2. The molecule has 0 bridgehead atoms. The van der Waals surface area contributed by atoms with Crippen LogP contribution in [0.3, 0.4) is 0 Å². The van der Waals surface area contributed by atoms with E-state index in [9.17, 15) is 8.78 Å². The largest absolute Gasteiger partial charge is 0.377 e. The van der Waals surface area contributed by atoms with Crippen molar-refractivity contribution in [1.29, 1.82) is 0 Å². The minimum absolute atomic E-state index is 0.00236. The van der Waals surface area contributed by atoms with Crippen molar-refractivity contribution in [1.82, 2.24) is 0 Å². The van der Waals surface area contributed by atoms with Crippen molar-refractivity contribution in [3.63, 3.8) is 0 Å². The third-order valence-electron chi connectivity index (χ3n) is 4.32. The second-order valence-corrected chi connectivity index (χ2v) is 5.67. The average Bonchev–Trinajstić information content (AvgIpc) is 2.82. The predicted octanol–water partition coefficient (Wildman–Crippen LogP) is 3.87. The molecule has 0 aromatic heterocycles. The highest BCUT2D eigenvalue weighted by atomic mass is 19.1. The third-order valence-corrected chi connectivity index (χ3v) is 4.32. The van der Waals surface area contributed by atoms with Gasteiger partial charge in [-0.2, -0.15) is 0 Å². The van der Waals surface area contributed by atoms with Crippen LogP contribution in [0.25, 0.3) is 0 Å². The van der Waals surface area contributed by atoms with Crippen LogP contribution in [0, 0.1) is 11.6 Å². The van der Waals surface area contributed by atoms with Crippen molar-refractivity contribution >= 4 is 5.69 Å². The molecule has 1 heterocycles. The summed E-state index contributed by atoms with van der Waals surface area (Å²) in [7, 11) is 0. The summed E-state index contributed by atoms with van der Waals surface area (Å²) < 4.78 is 33.2. The number of halogens is 2. The zero-order valence-corrected chi connectivity index (χ0v) is 10.9. The summed E-state index contributed by atoms with van der Waals surface area (Å²) >= 11 is 0. The first-order valence-corrected chi connectivity index (χ1v) is 7.03. The molecule has 1 saturated heterocycles. The SMILES string of the molecule is Fc1cccc(F)c1NC1CCOC2(CCCC2)C1. The fourth-order valence-electron chi connectivity index (χ4n) is 3.36. The van der Waals surface area contributed by atoms with Crippen LogP contribution in [0.1, 0.15) is 38.5 Å². The lowest BCUT2D eigenvalue weighted by atomic mass is 9.89. The molecule has 1 aliphatic heterocycles. The molecular weight excluding hydrogens is 248 g/mol. The van der Waals surface area contributed by atoms with E-state index >= 15 is 0 Å². The number of para-hydroxylation sites is 1. The smallest absolute Gasteiger partial charge is 0.149 e. The molecule has 3 rings (SSSR count). The normalized spacial score (nSPS) is 25.7. The van der Waals surface area contributed by atoms with Crippen molar-refractivity contribution in [2.45, 2.75) is 50.2 Å². The fourth-order valence-corrected chi connectivity index (χ4v) is 3.36. The number of anilines is 1. The Kier molecular flexibility index (Phi) is 3.44. The summed E-state index contributed by atoms with van der Waals surface area (Å²) in [5.74, 6) is -1.04. The second kappa shape index (κ2) is 5.08. The lowest BCUT2D eigenvalue weighted by Crippen LogP contribution is -2.42. The average molecular weight is 267 g/mol. The molecule has 1 N–H and O–H groups in total. The van der Waals surface area contributed by atoms with E-state index in [0.717, 1.165) is 25.7 Å². The van der Waals surface area contributed by atoms with Gasteiger partial charge in [-0.25, -0.2) is 8.78 Å². The first-order chi connectivity index (χ1) is 9.19. The van der Waals surface area contributed by atoms with E-state index < -0.39 is 11.6 Å². The molecule has 1 aromatic rings. The van der Waals surface area contributed by atoms with Crippen molar-refractivity contribution in [2.75, 3.05) is 11.9 Å². The van der Waals surface area contributed by atoms with Crippen LogP contribution in [0.5, 0.6) is 0 Å². The molecule has 19 heavy (non-hydrogen) atoms. The highest BCUT2D eigenvalue weighted by Gasteiger charge is 2.40. The molecule has 0 radical (unpaired) electrons. The van der Waals surface area contributed by atoms with E-state index in [-0.39, 0.29) is 17.3 Å². The Hall–Kier alpha value is -1.16. The first kappa shape index (κ1) is 12.9. The molecule has 104 valence electrons. The molecule has 1 unspecified atom stereocenters. The topological polar surface area (TPSA) is 21.3 Å². The first-order valence-electron chi connectivity index (χ1n) is 7.03. The fraction of sp³-hybridized carbons (Fsp3) is 0.600. The van der Waals surface area contributed by atoms with E-state index in [4.69, 9.17) is 4.74 Å². The van der Waals surface area contributed by atoms with Crippen LogP contribution in [-0.2, 0) is 4.74 Å². The Morgan fingerprint density at radius 2 is 1.84 bits per heavy atom. The summed E-state index contributed by atoms with van der Waals surface area (Å²) in [5.41, 5.74) is -0.0416. The number of rotatable bonds is 2. The van der Waals surface area contributed by atoms with Gasteiger partial charge in [0.25, 0.3) is 0 Å². The van der Waals surface area contributed by atoms with E-state index in [1.807, 2.05) is 0 Å². The Morgan fingerprint density at radius 3 is 2.53 bits per heavy atom. The highest BCUT2D eigenvalue weighted by molar-refractivity contribution is 5.47. The van der Waals surface area contributed by atoms with E-state index in [1.54, 1.807) is 0 Å². The Balaban J connectivity index is 1.73. The van der Waals surface area contributed by atoms with Crippen LogP contribution < -0.4 is 5.32 Å². The summed E-state index contributed by atoms with van der Waals surface area (Å²) in [6.07, 6.45) is 6.19. The van der Waals surface area contributed by atoms with Gasteiger partial charge in [0.15, 0.2) is 0 Å². The van der Waals surface area contributed by atoms with Crippen molar-refractivity contribution in [3.8, 4) is 0 Å². The molecule has 2 aliphatic rings. The van der Waals surface area contributed by atoms with Crippen LogP contribution in [-0.4, -0.2) is 18.2 Å². The molecule has 1 aliphatic carbocycles. The lowest BCUT2D eigenvalue weighted by molar-refractivity contribution is -0.0767. The second-order valence-electron chi connectivity index (χ2n) is 5.67. The summed E-state index contributed by atoms with van der Waals surface area (Å²) in [6, 6.07) is 4.06. The molecule has 1 saturated carbocycles. The standard InChI is InChI=1S/C15H19F2NO/c16-12-4-3-5-13(17)14(12)18-11-6-9-19-15(10-11)7-1-2-8-15/h3-5,11,18H,1-2,6-10H2. The number of nitrogens with one attached hydrogen (secondary N) is 1. The summed E-state index contributed by atoms with van der Waals surface area (Å²) in [6.45, 7) is 0.674. The Bertz CT molecular complexity index is 437.